The zero-order valence-corrected chi connectivity index (χ0v) is 86.0. The van der Waals surface area contributed by atoms with E-state index in [-0.39, 0.29) is 107 Å². The number of carbonyl (C=O) groups is 2. The van der Waals surface area contributed by atoms with Gasteiger partial charge in [0.15, 0.2) is 50.3 Å². The van der Waals surface area contributed by atoms with Crippen LogP contribution in [0.15, 0.2) is 0 Å². The van der Waals surface area contributed by atoms with Crippen molar-refractivity contribution in [3.05, 3.63) is 0 Å². The summed E-state index contributed by atoms with van der Waals surface area (Å²) >= 11 is 0. The molecule has 0 aromatic heterocycles. The van der Waals surface area contributed by atoms with Gasteiger partial charge in [0.05, 0.1) is 77.3 Å². The molecule has 8 heterocycles. The largest absolute Gasteiger partial charge is 0.394 e. The summed E-state index contributed by atoms with van der Waals surface area (Å²) in [5.41, 5.74) is -2.08. The fraction of sp³-hybridized carbons (Fsp3) is 0.980. The second-order valence-electron chi connectivity index (χ2n) is 47.2. The Hall–Kier alpha value is -2.82. The van der Waals surface area contributed by atoms with Crippen LogP contribution in [-0.2, 0) is 85.4 Å². The molecule has 8 aliphatic heterocycles. The molecule has 0 bridgehead atoms. The lowest BCUT2D eigenvalue weighted by molar-refractivity contribution is -0.370. The molecule has 16 fully saturated rings. The average molecular weight is 2150 g/mol. The SMILES string of the molecule is C[C@H](CCC(=O)N(C)CCCN(C)C(=O)CC[C@@H](C)[C@H]1CC[C@H]2[C@@H]3CC[C@@H]4C[C@H](O[C@@H]5O[C@H](CO)[C@@H](O[C@@H]6O[C@H](CO)[C@@H](O)[C@H](O)[C@H]6O)[C@H](O)[C@H]5O)CC[C@]4(C)[C@H]3C[C@H](O[C@@H]3O[C@H](CO)[C@@H](O[C@@H]4O[C@H](CO)[C@@H](O)[C@H](O)[C@H]4O)[C@H](O)[C@H]3O)[C@]12C)[C@H]1CC[C@H]2[C@@H]3CC[C@@H]4C[C@H](O[C@@H]5O[C@H](CO)[C@@H](O[C@@H]6O[C@H](CO)[C@@H](O)[C@H](O)[C@H]6O)[C@H](O)[C@H]5O)CC[C@]4(C)[C@H]3C[C@H](O[C@@H]3O[C@H](CO)[C@@H](O[C@@H]4O[C@H](CO)[C@@H](O)[C@H](O)[C@H]4O)[C@H](O)[C@H]3O)[C@]12C. The van der Waals surface area contributed by atoms with Crippen molar-refractivity contribution < 1.29 is 228 Å². The molecular weight excluding hydrogens is 1980 g/mol. The van der Waals surface area contributed by atoms with Crippen molar-refractivity contribution in [2.75, 3.05) is 80.0 Å². The number of aliphatic hydroxyl groups excluding tert-OH is 28. The Morgan fingerprint density at radius 2 is 0.537 bits per heavy atom. The minimum Gasteiger partial charge on any atom is -0.394 e. The van der Waals surface area contributed by atoms with Crippen molar-refractivity contribution in [2.45, 2.75) is 446 Å². The van der Waals surface area contributed by atoms with Gasteiger partial charge in [-0.2, -0.15) is 0 Å². The first-order valence-corrected chi connectivity index (χ1v) is 54.2. The molecule has 860 valence electrons. The number of fused-ring (bicyclic) bond motifs is 10. The van der Waals surface area contributed by atoms with Crippen molar-refractivity contribution in [1.82, 2.24) is 9.80 Å². The standard InChI is InChI=1S/C101H170N2O46/c1-40(48-16-18-50-46-14-12-42-28-44(134-90-82(130)74(122)86(58(36-108)140-90)146-94-78(126)70(118)66(114)54(32-104)136-94)22-24-98(42,3)52(46)30-62(100(48,50)5)144-92-84(132)76(124)88(60(38-110)142-92)148-96-80(128)72(120)68(116)56(34-106)138-96)10-20-64(112)102(7)26-9-27-103(8)65(113)21-11-41(2)49-17-19-51-47-15-13-43-29-45(135-91-83(131)75(123)87(59(37-109)141-91)147-95-79(127)71(119)67(115)55(33-105)137-95)23-25-99(43,4)53(47)31-63(101(49,51)6)145-93-85(133)77(125)89(61(39-111)143-93)149-97-81(129)73(121)69(117)57(35-107)139-97/h40-63,66-97,104-111,114-133H,9-39H2,1-8H3/t40-,41-,42-,43-,44-,45-,46+,47+,48-,49-,50+,51+,52+,53+,54-,55-,56-,57-,58-,59-,60-,61-,62+,63+,66-,67-,68-,69-,70+,71+,72+,73+,74-,75-,76-,77-,78-,79-,80-,81-,82-,83-,84-,85-,86-,87-,88-,89-,90-,91-,92+,93+,94+,95+,96+,97+,98+,99+,100-,101-/m1/s1. The molecule has 2 amide bonds. The Morgan fingerprint density at radius 3 is 0.805 bits per heavy atom. The van der Waals surface area contributed by atoms with Crippen molar-refractivity contribution in [3.63, 3.8) is 0 Å². The zero-order chi connectivity index (χ0) is 108. The maximum Gasteiger partial charge on any atom is 0.222 e. The molecule has 48 nitrogen and oxygen atoms in total. The predicted molar refractivity (Wildman–Crippen MR) is 503 cm³/mol. The first-order valence-electron chi connectivity index (χ1n) is 54.2. The Bertz CT molecular complexity index is 3980. The van der Waals surface area contributed by atoms with E-state index in [0.717, 1.165) is 51.4 Å². The van der Waals surface area contributed by atoms with Gasteiger partial charge >= 0.3 is 0 Å². The fourth-order valence-electron chi connectivity index (χ4n) is 30.5. The Kier molecular flexibility index (Phi) is 39.0. The normalized spacial score (nSPS) is 52.0. The van der Waals surface area contributed by atoms with Crippen molar-refractivity contribution >= 4 is 11.8 Å². The molecule has 8 saturated heterocycles. The van der Waals surface area contributed by atoms with E-state index in [1.54, 1.807) is 23.9 Å². The number of rotatable bonds is 36. The summed E-state index contributed by atoms with van der Waals surface area (Å²) in [7, 11) is 3.47. The van der Waals surface area contributed by atoms with E-state index in [4.69, 9.17) is 75.8 Å². The quantitative estimate of drug-likeness (QED) is 0.0259. The summed E-state index contributed by atoms with van der Waals surface area (Å²) in [6.07, 6.45) is -57.3. The minimum absolute atomic E-state index is 0.0141. The van der Waals surface area contributed by atoms with Gasteiger partial charge in [-0.1, -0.05) is 41.5 Å². The van der Waals surface area contributed by atoms with Crippen LogP contribution in [0.25, 0.3) is 0 Å². The van der Waals surface area contributed by atoms with E-state index in [9.17, 15) is 153 Å². The minimum atomic E-state index is -1.90. The smallest absolute Gasteiger partial charge is 0.222 e. The highest BCUT2D eigenvalue weighted by atomic mass is 16.8. The van der Waals surface area contributed by atoms with Gasteiger partial charge in [0.2, 0.25) is 11.8 Å². The van der Waals surface area contributed by atoms with E-state index in [1.807, 2.05) is 0 Å². The second-order valence-corrected chi connectivity index (χ2v) is 47.2. The van der Waals surface area contributed by atoms with Crippen LogP contribution < -0.4 is 0 Å². The molecule has 0 spiro atoms. The third kappa shape index (κ3) is 22.8. The van der Waals surface area contributed by atoms with Crippen LogP contribution in [0.1, 0.15) is 176 Å². The van der Waals surface area contributed by atoms with Crippen LogP contribution in [-0.4, -0.2) is 515 Å². The first-order chi connectivity index (χ1) is 70.7. The highest BCUT2D eigenvalue weighted by Crippen LogP contribution is 2.72. The summed E-state index contributed by atoms with van der Waals surface area (Å²) in [5, 5.41) is 305. The molecule has 149 heavy (non-hydrogen) atoms. The highest BCUT2D eigenvalue weighted by molar-refractivity contribution is 5.76. The molecular formula is C101H170N2O46. The Balaban J connectivity index is 0.556. The van der Waals surface area contributed by atoms with Gasteiger partial charge in [-0.15, -0.1) is 0 Å². The topological polar surface area (TPSA) is 755 Å². The van der Waals surface area contributed by atoms with Crippen LogP contribution >= 0.6 is 0 Å². The van der Waals surface area contributed by atoms with E-state index in [2.05, 4.69) is 41.5 Å². The summed E-state index contributed by atoms with van der Waals surface area (Å²) in [6.45, 7) is 7.60. The monoisotopic (exact) mass is 2150 g/mol. The third-order valence-electron chi connectivity index (χ3n) is 39.5. The van der Waals surface area contributed by atoms with Crippen molar-refractivity contribution in [1.29, 1.82) is 0 Å². The number of ether oxygens (including phenoxy) is 16. The maximum atomic E-state index is 14.5. The van der Waals surface area contributed by atoms with Gasteiger partial charge in [0.25, 0.3) is 0 Å². The maximum absolute atomic E-state index is 14.5. The molecule has 0 aromatic carbocycles. The number of nitrogens with zero attached hydrogens (tertiary/aromatic N) is 2. The Labute approximate surface area is 865 Å². The molecule has 60 atom stereocenters. The van der Waals surface area contributed by atoms with E-state index < -0.39 is 334 Å². The zero-order valence-electron chi connectivity index (χ0n) is 86.0. The van der Waals surface area contributed by atoms with Gasteiger partial charge in [-0.25, -0.2) is 0 Å². The predicted octanol–water partition coefficient (Wildman–Crippen LogP) is -8.30. The third-order valence-corrected chi connectivity index (χ3v) is 39.5. The second kappa shape index (κ2) is 49.0. The molecule has 48 heteroatoms. The van der Waals surface area contributed by atoms with Crippen molar-refractivity contribution in [2.24, 2.45) is 92.7 Å². The average Bonchev–Trinajstić information content (AvgIpc) is 1.55. The highest BCUT2D eigenvalue weighted by Gasteiger charge is 2.70. The molecule has 0 unspecified atom stereocenters. The van der Waals surface area contributed by atoms with Gasteiger partial charge in [-0.3, -0.25) is 9.59 Å². The first kappa shape index (κ1) is 119. The van der Waals surface area contributed by atoms with E-state index >= 15 is 0 Å². The summed E-state index contributed by atoms with van der Waals surface area (Å²) in [6, 6.07) is 0. The number of aliphatic hydroxyl groups is 28. The summed E-state index contributed by atoms with van der Waals surface area (Å²) < 4.78 is 98.3. The van der Waals surface area contributed by atoms with Crippen LogP contribution in [0.4, 0.5) is 0 Å². The summed E-state index contributed by atoms with van der Waals surface area (Å²) in [5.74, 6) is -0.256. The van der Waals surface area contributed by atoms with E-state index in [1.165, 1.54) is 0 Å². The lowest BCUT2D eigenvalue weighted by Crippen LogP contribution is -2.66. The summed E-state index contributed by atoms with van der Waals surface area (Å²) in [4.78, 5) is 32.4. The molecule has 16 rings (SSSR count). The number of carbonyl (C=O) groups excluding carboxylic acids is 2. The van der Waals surface area contributed by atoms with Gasteiger partial charge < -0.3 is 229 Å². The number of hydrogen-bond acceptors (Lipinski definition) is 46. The van der Waals surface area contributed by atoms with Gasteiger partial charge in [-0.05, 0) is 204 Å². The Morgan fingerprint density at radius 1 is 0.289 bits per heavy atom. The molecule has 8 saturated carbocycles. The van der Waals surface area contributed by atoms with Gasteiger partial charge in [0.1, 0.15) is 195 Å². The van der Waals surface area contributed by atoms with Crippen LogP contribution in [0.2, 0.25) is 0 Å². The number of amides is 2. The lowest BCUT2D eigenvalue weighted by Gasteiger charge is -2.63. The van der Waals surface area contributed by atoms with Crippen LogP contribution in [0.5, 0.6) is 0 Å². The fourth-order valence-corrected chi connectivity index (χ4v) is 30.5. The number of hydrogen-bond donors (Lipinski definition) is 28. The van der Waals surface area contributed by atoms with E-state index in [0.29, 0.717) is 83.7 Å². The molecule has 16 aliphatic rings. The van der Waals surface area contributed by atoms with Gasteiger partial charge in [0, 0.05) is 50.9 Å². The van der Waals surface area contributed by atoms with Crippen LogP contribution in [0, 0.1) is 92.7 Å². The van der Waals surface area contributed by atoms with Crippen LogP contribution in [0.3, 0.4) is 0 Å². The van der Waals surface area contributed by atoms with Crippen molar-refractivity contribution in [3.8, 4) is 0 Å². The molecule has 0 aromatic rings. The molecule has 28 N–H and O–H groups in total. The molecule has 0 radical (unpaired) electrons. The lowest BCUT2D eigenvalue weighted by atomic mass is 9.43. The molecule has 8 aliphatic carbocycles.